The van der Waals surface area contributed by atoms with Crippen molar-refractivity contribution in [3.8, 4) is 0 Å². The summed E-state index contributed by atoms with van der Waals surface area (Å²) in [5.41, 5.74) is 0. The summed E-state index contributed by atoms with van der Waals surface area (Å²) in [5, 5.41) is 3.30. The van der Waals surface area contributed by atoms with Crippen molar-refractivity contribution in [3.63, 3.8) is 0 Å². The number of ether oxygens (including phenoxy) is 1. The molecule has 1 N–H and O–H groups in total. The van der Waals surface area contributed by atoms with Gasteiger partial charge in [0, 0.05) is 18.0 Å². The normalized spacial score (nSPS) is 11.1. The van der Waals surface area contributed by atoms with Crippen LogP contribution in [0.4, 0.5) is 0 Å². The summed E-state index contributed by atoms with van der Waals surface area (Å²) in [6.45, 7) is 6.60. The molecule has 0 atom stereocenters. The molecule has 0 aromatic carbocycles. The molecule has 0 aliphatic heterocycles. The van der Waals surface area contributed by atoms with Gasteiger partial charge >= 0.3 is 0 Å². The predicted octanol–water partition coefficient (Wildman–Crippen LogP) is 2.92. The lowest BCUT2D eigenvalue weighted by Gasteiger charge is -2.07. The van der Waals surface area contributed by atoms with Gasteiger partial charge in [-0.3, -0.25) is 0 Å². The maximum absolute atomic E-state index is 5.81. The summed E-state index contributed by atoms with van der Waals surface area (Å²) >= 11 is 7.42. The van der Waals surface area contributed by atoms with Gasteiger partial charge in [-0.25, -0.2) is 0 Å². The Morgan fingerprint density at radius 1 is 1.50 bits per heavy atom. The molecule has 0 saturated heterocycles. The second-order valence-electron chi connectivity index (χ2n) is 3.30. The van der Waals surface area contributed by atoms with Gasteiger partial charge in [-0.15, -0.1) is 11.3 Å². The molecular formula is C10H16ClNOS. The monoisotopic (exact) mass is 233 g/mol. The zero-order valence-electron chi connectivity index (χ0n) is 8.55. The molecule has 4 heteroatoms. The van der Waals surface area contributed by atoms with E-state index < -0.39 is 0 Å². The van der Waals surface area contributed by atoms with Crippen LogP contribution in [0.3, 0.4) is 0 Å². The summed E-state index contributed by atoms with van der Waals surface area (Å²) in [5.74, 6) is 0. The number of nitrogens with one attached hydrogen (secondary N) is 1. The molecule has 2 nitrogen and oxygen atoms in total. The molecule has 0 fully saturated rings. The molecule has 80 valence electrons. The van der Waals surface area contributed by atoms with Crippen molar-refractivity contribution in [2.75, 3.05) is 13.2 Å². The first-order valence-electron chi connectivity index (χ1n) is 4.75. The molecule has 0 amide bonds. The van der Waals surface area contributed by atoms with Gasteiger partial charge in [0.15, 0.2) is 0 Å². The molecule has 1 aromatic rings. The highest BCUT2D eigenvalue weighted by Crippen LogP contribution is 2.20. The molecule has 0 spiro atoms. The average molecular weight is 234 g/mol. The number of hydrogen-bond acceptors (Lipinski definition) is 3. The molecule has 1 aromatic heterocycles. The maximum Gasteiger partial charge on any atom is 0.0931 e. The minimum Gasteiger partial charge on any atom is -0.377 e. The third-order valence-corrected chi connectivity index (χ3v) is 2.89. The van der Waals surface area contributed by atoms with Gasteiger partial charge in [-0.1, -0.05) is 11.6 Å². The molecule has 0 bridgehead atoms. The number of halogens is 1. The Bertz CT molecular complexity index is 262. The smallest absolute Gasteiger partial charge is 0.0931 e. The molecule has 1 heterocycles. The van der Waals surface area contributed by atoms with Crippen LogP contribution in [0.15, 0.2) is 12.1 Å². The lowest BCUT2D eigenvalue weighted by atomic mass is 10.4. The molecule has 0 saturated carbocycles. The Morgan fingerprint density at radius 2 is 2.29 bits per heavy atom. The van der Waals surface area contributed by atoms with E-state index in [1.807, 2.05) is 26.0 Å². The minimum absolute atomic E-state index is 0.313. The van der Waals surface area contributed by atoms with Gasteiger partial charge in [-0.05, 0) is 26.0 Å². The van der Waals surface area contributed by atoms with Crippen LogP contribution >= 0.6 is 22.9 Å². The Morgan fingerprint density at radius 3 is 2.86 bits per heavy atom. The van der Waals surface area contributed by atoms with E-state index in [1.54, 1.807) is 11.3 Å². The zero-order valence-corrected chi connectivity index (χ0v) is 10.1. The van der Waals surface area contributed by atoms with Crippen LogP contribution in [0.1, 0.15) is 18.7 Å². The fourth-order valence-corrected chi connectivity index (χ4v) is 2.08. The first-order chi connectivity index (χ1) is 6.68. The van der Waals surface area contributed by atoms with Gasteiger partial charge < -0.3 is 10.1 Å². The van der Waals surface area contributed by atoms with E-state index in [9.17, 15) is 0 Å². The van der Waals surface area contributed by atoms with Crippen LogP contribution in [0, 0.1) is 0 Å². The SMILES string of the molecule is CC(C)OCCNCc1ccc(Cl)s1. The largest absolute Gasteiger partial charge is 0.377 e. The highest BCUT2D eigenvalue weighted by Gasteiger charge is 1.97. The average Bonchev–Trinajstić information content (AvgIpc) is 2.50. The van der Waals surface area contributed by atoms with Crippen LogP contribution in [-0.2, 0) is 11.3 Å². The van der Waals surface area contributed by atoms with Crippen molar-refractivity contribution in [1.29, 1.82) is 0 Å². The van der Waals surface area contributed by atoms with E-state index in [0.29, 0.717) is 6.10 Å². The fourth-order valence-electron chi connectivity index (χ4n) is 1.03. The van der Waals surface area contributed by atoms with E-state index >= 15 is 0 Å². The third-order valence-electron chi connectivity index (χ3n) is 1.66. The van der Waals surface area contributed by atoms with Gasteiger partial charge in [-0.2, -0.15) is 0 Å². The second kappa shape index (κ2) is 6.40. The van der Waals surface area contributed by atoms with Crippen molar-refractivity contribution < 1.29 is 4.74 Å². The quantitative estimate of drug-likeness (QED) is 0.763. The standard InChI is InChI=1S/C10H16ClNOS/c1-8(2)13-6-5-12-7-9-3-4-10(11)14-9/h3-4,8,12H,5-7H2,1-2H3. The van der Waals surface area contributed by atoms with Gasteiger partial charge in [0.05, 0.1) is 17.0 Å². The van der Waals surface area contributed by atoms with Crippen molar-refractivity contribution >= 4 is 22.9 Å². The number of rotatable bonds is 6. The highest BCUT2D eigenvalue weighted by molar-refractivity contribution is 7.16. The van der Waals surface area contributed by atoms with Gasteiger partial charge in [0.1, 0.15) is 0 Å². The Kier molecular flexibility index (Phi) is 5.48. The fraction of sp³-hybridized carbons (Fsp3) is 0.600. The topological polar surface area (TPSA) is 21.3 Å². The lowest BCUT2D eigenvalue weighted by molar-refractivity contribution is 0.0807. The molecule has 0 radical (unpaired) electrons. The predicted molar refractivity (Wildman–Crippen MR) is 62.1 cm³/mol. The van der Waals surface area contributed by atoms with Crippen LogP contribution in [0.2, 0.25) is 4.34 Å². The van der Waals surface area contributed by atoms with Crippen molar-refractivity contribution in [1.82, 2.24) is 5.32 Å². The summed E-state index contributed by atoms with van der Waals surface area (Å²) in [4.78, 5) is 1.26. The van der Waals surface area contributed by atoms with Crippen molar-refractivity contribution in [3.05, 3.63) is 21.3 Å². The summed E-state index contributed by atoms with van der Waals surface area (Å²) in [6.07, 6.45) is 0.313. The minimum atomic E-state index is 0.313. The van der Waals surface area contributed by atoms with Crippen LogP contribution < -0.4 is 5.32 Å². The van der Waals surface area contributed by atoms with Crippen LogP contribution in [0.5, 0.6) is 0 Å². The zero-order chi connectivity index (χ0) is 10.4. The first-order valence-corrected chi connectivity index (χ1v) is 5.94. The molecule has 0 unspecified atom stereocenters. The highest BCUT2D eigenvalue weighted by atomic mass is 35.5. The molecule has 0 aliphatic carbocycles. The molecular weight excluding hydrogens is 218 g/mol. The lowest BCUT2D eigenvalue weighted by Crippen LogP contribution is -2.20. The summed E-state index contributed by atoms with van der Waals surface area (Å²) in [7, 11) is 0. The maximum atomic E-state index is 5.81. The molecule has 0 aliphatic rings. The van der Waals surface area contributed by atoms with Crippen molar-refractivity contribution in [2.45, 2.75) is 26.5 Å². The summed E-state index contributed by atoms with van der Waals surface area (Å²) in [6, 6.07) is 3.97. The van der Waals surface area contributed by atoms with Gasteiger partial charge in [0.25, 0.3) is 0 Å². The number of thiophene rings is 1. The Balaban J connectivity index is 2.04. The molecule has 1 rings (SSSR count). The Hall–Kier alpha value is -0.0900. The molecule has 14 heavy (non-hydrogen) atoms. The van der Waals surface area contributed by atoms with E-state index in [-0.39, 0.29) is 0 Å². The Labute approximate surface area is 94.2 Å². The van der Waals surface area contributed by atoms with Crippen LogP contribution in [0.25, 0.3) is 0 Å². The first kappa shape index (κ1) is 12.0. The van der Waals surface area contributed by atoms with E-state index in [4.69, 9.17) is 16.3 Å². The van der Waals surface area contributed by atoms with Crippen molar-refractivity contribution in [2.24, 2.45) is 0 Å². The summed E-state index contributed by atoms with van der Waals surface area (Å²) < 4.78 is 6.25. The van der Waals surface area contributed by atoms with E-state index in [1.165, 1.54) is 4.88 Å². The second-order valence-corrected chi connectivity index (χ2v) is 5.10. The third kappa shape index (κ3) is 4.96. The van der Waals surface area contributed by atoms with E-state index in [0.717, 1.165) is 24.0 Å². The number of hydrogen-bond donors (Lipinski definition) is 1. The van der Waals surface area contributed by atoms with Crippen LogP contribution in [-0.4, -0.2) is 19.3 Å². The van der Waals surface area contributed by atoms with E-state index in [2.05, 4.69) is 5.32 Å². The van der Waals surface area contributed by atoms with Gasteiger partial charge in [0.2, 0.25) is 0 Å².